The van der Waals surface area contributed by atoms with Crippen molar-refractivity contribution in [2.45, 2.75) is 6.18 Å². The lowest BCUT2D eigenvalue weighted by Gasteiger charge is -2.28. The van der Waals surface area contributed by atoms with Crippen LogP contribution in [-0.2, 0) is 6.18 Å². The minimum atomic E-state index is -4.49. The molecule has 3 heterocycles. The van der Waals surface area contributed by atoms with Crippen molar-refractivity contribution < 1.29 is 13.2 Å². The third-order valence-corrected chi connectivity index (χ3v) is 3.41. The van der Waals surface area contributed by atoms with Crippen LogP contribution in [0.5, 0.6) is 0 Å². The first-order chi connectivity index (χ1) is 10.6. The largest absolute Gasteiger partial charge is 0.418 e. The predicted molar refractivity (Wildman–Crippen MR) is 75.3 cm³/mol. The Balaban J connectivity index is 1.99. The molecule has 0 radical (unpaired) electrons. The van der Waals surface area contributed by atoms with Crippen LogP contribution in [0.4, 0.5) is 19.0 Å². The summed E-state index contributed by atoms with van der Waals surface area (Å²) in [6.45, 7) is 3.14. The summed E-state index contributed by atoms with van der Waals surface area (Å²) < 4.78 is 39.2. The van der Waals surface area contributed by atoms with Crippen molar-refractivity contribution in [3.8, 4) is 11.5 Å². The van der Waals surface area contributed by atoms with E-state index in [0.29, 0.717) is 5.82 Å². The molecule has 1 fully saturated rings. The first-order valence-electron chi connectivity index (χ1n) is 6.87. The Morgan fingerprint density at radius 2 is 1.82 bits per heavy atom. The molecule has 0 bridgehead atoms. The lowest BCUT2D eigenvalue weighted by Crippen LogP contribution is -2.43. The average Bonchev–Trinajstić information content (AvgIpc) is 2.55. The molecular weight excluding hydrogens is 295 g/mol. The van der Waals surface area contributed by atoms with Crippen LogP contribution >= 0.6 is 0 Å². The van der Waals surface area contributed by atoms with Crippen molar-refractivity contribution >= 4 is 5.82 Å². The molecule has 0 atom stereocenters. The zero-order valence-corrected chi connectivity index (χ0v) is 11.6. The molecule has 2 aromatic rings. The van der Waals surface area contributed by atoms with Gasteiger partial charge in [0.25, 0.3) is 0 Å². The fourth-order valence-electron chi connectivity index (χ4n) is 2.35. The normalized spacial score (nSPS) is 15.9. The van der Waals surface area contributed by atoms with Crippen LogP contribution in [0.15, 0.2) is 30.6 Å². The molecule has 3 rings (SSSR count). The Labute approximate surface area is 125 Å². The smallest absolute Gasteiger partial charge is 0.354 e. The monoisotopic (exact) mass is 309 g/mol. The van der Waals surface area contributed by atoms with E-state index in [1.165, 1.54) is 18.5 Å². The first-order valence-corrected chi connectivity index (χ1v) is 6.87. The van der Waals surface area contributed by atoms with Gasteiger partial charge >= 0.3 is 6.18 Å². The Morgan fingerprint density at radius 3 is 2.55 bits per heavy atom. The van der Waals surface area contributed by atoms with E-state index in [4.69, 9.17) is 0 Å². The molecular formula is C14H14F3N5. The predicted octanol–water partition coefficient (Wildman–Crippen LogP) is 1.97. The second kappa shape index (κ2) is 5.88. The Hall–Kier alpha value is -2.22. The van der Waals surface area contributed by atoms with Gasteiger partial charge in [-0.2, -0.15) is 13.2 Å². The SMILES string of the molecule is FC(F)(F)c1cccnc1-c1nccc(N2CCNCC2)n1. The van der Waals surface area contributed by atoms with Crippen molar-refractivity contribution in [1.29, 1.82) is 0 Å². The number of pyridine rings is 1. The van der Waals surface area contributed by atoms with E-state index < -0.39 is 11.7 Å². The number of alkyl halides is 3. The molecule has 0 saturated carbocycles. The Kier molecular flexibility index (Phi) is 3.93. The third-order valence-electron chi connectivity index (χ3n) is 3.41. The van der Waals surface area contributed by atoms with E-state index in [1.54, 1.807) is 6.07 Å². The van der Waals surface area contributed by atoms with Gasteiger partial charge in [-0.3, -0.25) is 4.98 Å². The highest BCUT2D eigenvalue weighted by Crippen LogP contribution is 2.34. The molecule has 0 spiro atoms. The summed E-state index contributed by atoms with van der Waals surface area (Å²) in [5, 5.41) is 3.21. The van der Waals surface area contributed by atoms with Crippen molar-refractivity contribution in [1.82, 2.24) is 20.3 Å². The number of nitrogens with zero attached hydrogens (tertiary/aromatic N) is 4. The molecule has 0 unspecified atom stereocenters. The lowest BCUT2D eigenvalue weighted by molar-refractivity contribution is -0.137. The highest BCUT2D eigenvalue weighted by Gasteiger charge is 2.35. The Bertz CT molecular complexity index is 653. The van der Waals surface area contributed by atoms with E-state index in [9.17, 15) is 13.2 Å². The van der Waals surface area contributed by atoms with Crippen molar-refractivity contribution in [3.05, 3.63) is 36.2 Å². The van der Waals surface area contributed by atoms with Crippen LogP contribution in [0, 0.1) is 0 Å². The van der Waals surface area contributed by atoms with Crippen molar-refractivity contribution in [2.75, 3.05) is 31.1 Å². The van der Waals surface area contributed by atoms with Crippen LogP contribution in [0.1, 0.15) is 5.56 Å². The summed E-state index contributed by atoms with van der Waals surface area (Å²) in [7, 11) is 0. The van der Waals surface area contributed by atoms with E-state index >= 15 is 0 Å². The maximum Gasteiger partial charge on any atom is 0.418 e. The van der Waals surface area contributed by atoms with Gasteiger partial charge in [0.2, 0.25) is 0 Å². The molecule has 0 amide bonds. The maximum absolute atomic E-state index is 13.1. The number of hydrogen-bond donors (Lipinski definition) is 1. The molecule has 1 aliphatic heterocycles. The summed E-state index contributed by atoms with van der Waals surface area (Å²) in [4.78, 5) is 14.1. The number of piperazine rings is 1. The minimum absolute atomic E-state index is 0.0102. The lowest BCUT2D eigenvalue weighted by atomic mass is 10.1. The van der Waals surface area contributed by atoms with Gasteiger partial charge in [-0.25, -0.2) is 9.97 Å². The van der Waals surface area contributed by atoms with Crippen molar-refractivity contribution in [3.63, 3.8) is 0 Å². The maximum atomic E-state index is 13.1. The number of nitrogens with one attached hydrogen (secondary N) is 1. The zero-order valence-electron chi connectivity index (χ0n) is 11.6. The van der Waals surface area contributed by atoms with E-state index in [1.807, 2.05) is 4.90 Å². The number of hydrogen-bond acceptors (Lipinski definition) is 5. The molecule has 5 nitrogen and oxygen atoms in total. The number of anilines is 1. The second-order valence-corrected chi connectivity index (χ2v) is 4.87. The van der Waals surface area contributed by atoms with E-state index in [2.05, 4.69) is 20.3 Å². The highest BCUT2D eigenvalue weighted by molar-refractivity contribution is 5.58. The van der Waals surface area contributed by atoms with E-state index in [-0.39, 0.29) is 11.5 Å². The fourth-order valence-corrected chi connectivity index (χ4v) is 2.35. The fraction of sp³-hybridized carbons (Fsp3) is 0.357. The van der Waals surface area contributed by atoms with Crippen LogP contribution in [0.25, 0.3) is 11.5 Å². The number of halogens is 3. The van der Waals surface area contributed by atoms with Gasteiger partial charge in [0.15, 0.2) is 5.82 Å². The molecule has 2 aromatic heterocycles. The van der Waals surface area contributed by atoms with Gasteiger partial charge in [-0.15, -0.1) is 0 Å². The molecule has 116 valence electrons. The first kappa shape index (κ1) is 14.7. The van der Waals surface area contributed by atoms with Crippen LogP contribution < -0.4 is 10.2 Å². The number of rotatable bonds is 2. The quantitative estimate of drug-likeness (QED) is 0.919. The van der Waals surface area contributed by atoms with Gasteiger partial charge in [-0.05, 0) is 18.2 Å². The minimum Gasteiger partial charge on any atom is -0.354 e. The van der Waals surface area contributed by atoms with Crippen LogP contribution in [0.3, 0.4) is 0 Å². The van der Waals surface area contributed by atoms with Gasteiger partial charge in [0.1, 0.15) is 11.5 Å². The van der Waals surface area contributed by atoms with Gasteiger partial charge in [-0.1, -0.05) is 0 Å². The summed E-state index contributed by atoms with van der Waals surface area (Å²) in [6.07, 6.45) is -1.71. The van der Waals surface area contributed by atoms with E-state index in [0.717, 1.165) is 32.2 Å². The number of aromatic nitrogens is 3. The van der Waals surface area contributed by atoms with Crippen molar-refractivity contribution in [2.24, 2.45) is 0 Å². The third kappa shape index (κ3) is 3.01. The summed E-state index contributed by atoms with van der Waals surface area (Å²) in [6, 6.07) is 3.95. The van der Waals surface area contributed by atoms with Gasteiger partial charge < -0.3 is 10.2 Å². The zero-order chi connectivity index (χ0) is 15.6. The topological polar surface area (TPSA) is 53.9 Å². The van der Waals surface area contributed by atoms with Crippen LogP contribution in [-0.4, -0.2) is 41.1 Å². The molecule has 0 aromatic carbocycles. The van der Waals surface area contributed by atoms with Gasteiger partial charge in [0, 0.05) is 38.6 Å². The molecule has 0 aliphatic carbocycles. The molecule has 1 saturated heterocycles. The molecule has 22 heavy (non-hydrogen) atoms. The molecule has 1 N–H and O–H groups in total. The Morgan fingerprint density at radius 1 is 1.05 bits per heavy atom. The molecule has 8 heteroatoms. The van der Waals surface area contributed by atoms with Crippen LogP contribution in [0.2, 0.25) is 0 Å². The summed E-state index contributed by atoms with van der Waals surface area (Å²) >= 11 is 0. The summed E-state index contributed by atoms with van der Waals surface area (Å²) in [5.74, 6) is 0.606. The molecule has 1 aliphatic rings. The highest BCUT2D eigenvalue weighted by atomic mass is 19.4. The standard InChI is InChI=1S/C14H14F3N5/c15-14(16,17)10-2-1-4-19-12(10)13-20-5-3-11(21-13)22-8-6-18-7-9-22/h1-5,18H,6-9H2. The average molecular weight is 309 g/mol. The van der Waals surface area contributed by atoms with Gasteiger partial charge in [0.05, 0.1) is 5.56 Å². The second-order valence-electron chi connectivity index (χ2n) is 4.87. The summed E-state index contributed by atoms with van der Waals surface area (Å²) in [5.41, 5.74) is -1.07.